The molecule has 0 spiro atoms. The molecule has 1 aromatic rings. The van der Waals surface area contributed by atoms with E-state index in [1.54, 1.807) is 17.8 Å². The zero-order chi connectivity index (χ0) is 9.14. The number of halogens is 2. The second-order valence-corrected chi connectivity index (χ2v) is 4.57. The molecule has 0 radical (unpaired) electrons. The summed E-state index contributed by atoms with van der Waals surface area (Å²) in [5, 5.41) is 1.94. The van der Waals surface area contributed by atoms with E-state index in [0.29, 0.717) is 5.25 Å². The van der Waals surface area contributed by atoms with Crippen molar-refractivity contribution in [3.63, 3.8) is 0 Å². The van der Waals surface area contributed by atoms with E-state index in [-0.39, 0.29) is 0 Å². The van der Waals surface area contributed by atoms with E-state index in [4.69, 9.17) is 23.2 Å². The Hall–Kier alpha value is 0.150. The molecular formula is C9H10Cl2S. The van der Waals surface area contributed by atoms with E-state index < -0.39 is 0 Å². The first-order chi connectivity index (χ1) is 5.65. The molecule has 0 N–H and O–H groups in total. The van der Waals surface area contributed by atoms with Crippen LogP contribution >= 0.6 is 35.0 Å². The van der Waals surface area contributed by atoms with Gasteiger partial charge in [0.25, 0.3) is 0 Å². The van der Waals surface area contributed by atoms with Crippen LogP contribution in [0.5, 0.6) is 0 Å². The minimum absolute atomic E-state index is 0.399. The van der Waals surface area contributed by atoms with Gasteiger partial charge in [0.05, 0.1) is 0 Å². The first kappa shape index (κ1) is 10.2. The van der Waals surface area contributed by atoms with Crippen LogP contribution < -0.4 is 0 Å². The van der Waals surface area contributed by atoms with Crippen molar-refractivity contribution in [1.29, 1.82) is 0 Å². The average molecular weight is 221 g/mol. The molecule has 0 aliphatic rings. The van der Waals surface area contributed by atoms with Gasteiger partial charge in [-0.05, 0) is 36.9 Å². The topological polar surface area (TPSA) is 0 Å². The van der Waals surface area contributed by atoms with Crippen LogP contribution in [-0.4, -0.2) is 6.26 Å². The Morgan fingerprint density at radius 1 is 1.33 bits per heavy atom. The minimum atomic E-state index is 0.399. The van der Waals surface area contributed by atoms with E-state index in [1.807, 2.05) is 12.1 Å². The molecule has 1 unspecified atom stereocenters. The Morgan fingerprint density at radius 2 is 2.00 bits per heavy atom. The van der Waals surface area contributed by atoms with Gasteiger partial charge < -0.3 is 0 Å². The van der Waals surface area contributed by atoms with Gasteiger partial charge in [-0.1, -0.05) is 23.2 Å². The normalized spacial score (nSPS) is 13.0. The van der Waals surface area contributed by atoms with Crippen LogP contribution in [0.2, 0.25) is 10.0 Å². The number of hydrogen-bond acceptors (Lipinski definition) is 1. The van der Waals surface area contributed by atoms with Gasteiger partial charge in [0.2, 0.25) is 0 Å². The molecular weight excluding hydrogens is 211 g/mol. The Balaban J connectivity index is 3.04. The fourth-order valence-electron chi connectivity index (χ4n) is 0.953. The lowest BCUT2D eigenvalue weighted by molar-refractivity contribution is 1.10. The monoisotopic (exact) mass is 220 g/mol. The van der Waals surface area contributed by atoms with Gasteiger partial charge in [-0.15, -0.1) is 0 Å². The first-order valence-electron chi connectivity index (χ1n) is 3.63. The molecule has 0 saturated carbocycles. The number of benzene rings is 1. The van der Waals surface area contributed by atoms with Crippen molar-refractivity contribution in [2.45, 2.75) is 12.2 Å². The third-order valence-electron chi connectivity index (χ3n) is 1.75. The van der Waals surface area contributed by atoms with Crippen molar-refractivity contribution in [1.82, 2.24) is 0 Å². The molecule has 0 bridgehead atoms. The highest BCUT2D eigenvalue weighted by Gasteiger charge is 2.08. The SMILES string of the molecule is CSC(C)c1cc(Cl)ccc1Cl. The van der Waals surface area contributed by atoms with Crippen molar-refractivity contribution in [3.05, 3.63) is 33.8 Å². The molecule has 0 heterocycles. The summed E-state index contributed by atoms with van der Waals surface area (Å²) in [7, 11) is 0. The van der Waals surface area contributed by atoms with Crippen LogP contribution in [0.4, 0.5) is 0 Å². The molecule has 1 atom stereocenters. The number of rotatable bonds is 2. The predicted octanol–water partition coefficient (Wildman–Crippen LogP) is 4.42. The largest absolute Gasteiger partial charge is 0.157 e. The van der Waals surface area contributed by atoms with Gasteiger partial charge in [0.15, 0.2) is 0 Å². The molecule has 1 aromatic carbocycles. The molecule has 0 aromatic heterocycles. The summed E-state index contributed by atoms with van der Waals surface area (Å²) < 4.78 is 0. The standard InChI is InChI=1S/C9H10Cl2S/c1-6(12-2)8-5-7(10)3-4-9(8)11/h3-6H,1-2H3. The highest BCUT2D eigenvalue weighted by molar-refractivity contribution is 7.98. The Labute approximate surface area is 87.3 Å². The van der Waals surface area contributed by atoms with Crippen LogP contribution in [0.1, 0.15) is 17.7 Å². The molecule has 66 valence electrons. The molecule has 0 aliphatic heterocycles. The van der Waals surface area contributed by atoms with E-state index in [2.05, 4.69) is 13.2 Å². The first-order valence-corrected chi connectivity index (χ1v) is 5.67. The van der Waals surface area contributed by atoms with Crippen LogP contribution in [0.3, 0.4) is 0 Å². The lowest BCUT2D eigenvalue weighted by Crippen LogP contribution is -1.88. The van der Waals surface area contributed by atoms with E-state index in [0.717, 1.165) is 15.6 Å². The van der Waals surface area contributed by atoms with Crippen LogP contribution in [0.25, 0.3) is 0 Å². The quantitative estimate of drug-likeness (QED) is 0.712. The zero-order valence-electron chi connectivity index (χ0n) is 6.97. The molecule has 3 heteroatoms. The van der Waals surface area contributed by atoms with Crippen molar-refractivity contribution >= 4 is 35.0 Å². The van der Waals surface area contributed by atoms with Crippen molar-refractivity contribution in [2.24, 2.45) is 0 Å². The van der Waals surface area contributed by atoms with Gasteiger partial charge in [-0.2, -0.15) is 11.8 Å². The summed E-state index contributed by atoms with van der Waals surface area (Å²) >= 11 is 13.6. The molecule has 0 fully saturated rings. The molecule has 0 saturated heterocycles. The Morgan fingerprint density at radius 3 is 2.58 bits per heavy atom. The predicted molar refractivity (Wildman–Crippen MR) is 58.4 cm³/mol. The summed E-state index contributed by atoms with van der Waals surface area (Å²) in [5.41, 5.74) is 1.11. The van der Waals surface area contributed by atoms with Crippen molar-refractivity contribution in [2.75, 3.05) is 6.26 Å². The molecule has 0 aliphatic carbocycles. The van der Waals surface area contributed by atoms with E-state index in [9.17, 15) is 0 Å². The van der Waals surface area contributed by atoms with Gasteiger partial charge in [0, 0.05) is 15.3 Å². The Bertz CT molecular complexity index is 273. The third-order valence-corrected chi connectivity index (χ3v) is 3.29. The zero-order valence-corrected chi connectivity index (χ0v) is 9.30. The lowest BCUT2D eigenvalue weighted by atomic mass is 10.2. The number of thioether (sulfide) groups is 1. The average Bonchev–Trinajstić information content (AvgIpc) is 2.08. The fourth-order valence-corrected chi connectivity index (χ4v) is 1.93. The molecule has 0 nitrogen and oxygen atoms in total. The minimum Gasteiger partial charge on any atom is -0.157 e. The van der Waals surface area contributed by atoms with E-state index >= 15 is 0 Å². The lowest BCUT2D eigenvalue weighted by Gasteiger charge is -2.10. The highest BCUT2D eigenvalue weighted by atomic mass is 35.5. The van der Waals surface area contributed by atoms with E-state index in [1.165, 1.54) is 0 Å². The van der Waals surface area contributed by atoms with Gasteiger partial charge in [-0.25, -0.2) is 0 Å². The smallest absolute Gasteiger partial charge is 0.0450 e. The summed E-state index contributed by atoms with van der Waals surface area (Å²) in [5.74, 6) is 0. The molecule has 1 rings (SSSR count). The maximum absolute atomic E-state index is 6.00. The highest BCUT2D eigenvalue weighted by Crippen LogP contribution is 2.33. The maximum Gasteiger partial charge on any atom is 0.0450 e. The molecule has 12 heavy (non-hydrogen) atoms. The summed E-state index contributed by atoms with van der Waals surface area (Å²) in [4.78, 5) is 0. The van der Waals surface area contributed by atoms with Gasteiger partial charge in [-0.3, -0.25) is 0 Å². The molecule has 0 amide bonds. The second-order valence-electron chi connectivity index (χ2n) is 2.54. The second kappa shape index (κ2) is 4.40. The van der Waals surface area contributed by atoms with Crippen molar-refractivity contribution < 1.29 is 0 Å². The summed E-state index contributed by atoms with van der Waals surface area (Å²) in [6, 6.07) is 5.57. The van der Waals surface area contributed by atoms with Crippen LogP contribution in [-0.2, 0) is 0 Å². The Kier molecular flexibility index (Phi) is 3.76. The fraction of sp³-hybridized carbons (Fsp3) is 0.333. The summed E-state index contributed by atoms with van der Waals surface area (Å²) in [6.07, 6.45) is 2.06. The van der Waals surface area contributed by atoms with Crippen LogP contribution in [0, 0.1) is 0 Å². The number of hydrogen-bond donors (Lipinski definition) is 0. The van der Waals surface area contributed by atoms with Crippen LogP contribution in [0.15, 0.2) is 18.2 Å². The van der Waals surface area contributed by atoms with Gasteiger partial charge in [0.1, 0.15) is 0 Å². The summed E-state index contributed by atoms with van der Waals surface area (Å²) in [6.45, 7) is 2.11. The third kappa shape index (κ3) is 2.32. The maximum atomic E-state index is 6.00. The van der Waals surface area contributed by atoms with Crippen molar-refractivity contribution in [3.8, 4) is 0 Å². The van der Waals surface area contributed by atoms with Gasteiger partial charge >= 0.3 is 0 Å².